The number of ether oxygens (including phenoxy) is 3. The Bertz CT molecular complexity index is 380. The summed E-state index contributed by atoms with van der Waals surface area (Å²) in [4.78, 5) is 0. The highest BCUT2D eigenvalue weighted by Crippen LogP contribution is 2.28. The van der Waals surface area contributed by atoms with E-state index >= 15 is 0 Å². The quantitative estimate of drug-likeness (QED) is 0.243. The van der Waals surface area contributed by atoms with Crippen LogP contribution in [0.3, 0.4) is 0 Å². The molecule has 0 radical (unpaired) electrons. The van der Waals surface area contributed by atoms with Crippen LogP contribution in [0.2, 0.25) is 0 Å². The fourth-order valence-electron chi connectivity index (χ4n) is 2.56. The van der Waals surface area contributed by atoms with Crippen molar-refractivity contribution in [3.8, 4) is 0 Å². The van der Waals surface area contributed by atoms with Crippen LogP contribution in [0, 0.1) is 0 Å². The third-order valence-corrected chi connectivity index (χ3v) is 3.98. The topological polar surface area (TPSA) is 190 Å². The fourth-order valence-corrected chi connectivity index (χ4v) is 2.56. The van der Waals surface area contributed by atoms with E-state index in [1.54, 1.807) is 0 Å². The molecule has 11 heteroatoms. The Balaban J connectivity index is 2.11. The maximum atomic E-state index is 10.00. The highest BCUT2D eigenvalue weighted by molar-refractivity contribution is 4.93. The van der Waals surface area contributed by atoms with Crippen LogP contribution >= 0.6 is 0 Å². The molecule has 0 aliphatic carbocycles. The summed E-state index contributed by atoms with van der Waals surface area (Å²) >= 11 is 0. The van der Waals surface area contributed by atoms with Gasteiger partial charge in [-0.2, -0.15) is 0 Å². The zero-order chi connectivity index (χ0) is 17.3. The molecule has 2 heterocycles. The van der Waals surface area contributed by atoms with E-state index in [9.17, 15) is 30.6 Å². The molecule has 2 saturated heterocycles. The molecule has 136 valence electrons. The third-order valence-electron chi connectivity index (χ3n) is 3.98. The Morgan fingerprint density at radius 1 is 0.652 bits per heavy atom. The fraction of sp³-hybridized carbons (Fsp3) is 1.00. The van der Waals surface area contributed by atoms with Crippen molar-refractivity contribution < 1.29 is 55.1 Å². The van der Waals surface area contributed by atoms with Gasteiger partial charge in [0.15, 0.2) is 12.6 Å². The predicted octanol–water partition coefficient (Wildman–Crippen LogP) is -5.40. The van der Waals surface area contributed by atoms with Crippen molar-refractivity contribution in [2.45, 2.75) is 61.4 Å². The second-order valence-corrected chi connectivity index (χ2v) is 5.53. The van der Waals surface area contributed by atoms with Crippen molar-refractivity contribution in [3.63, 3.8) is 0 Å². The second-order valence-electron chi connectivity index (χ2n) is 5.53. The third kappa shape index (κ3) is 3.65. The molecule has 2 aliphatic rings. The SMILES string of the molecule is OCC1OC(O[C@H]2C(O)C(CO)OC(O)[C@H]2O)[C@@H](O)[C@H](O)C1O. The number of hydrogen-bond acceptors (Lipinski definition) is 11. The first-order valence-electron chi connectivity index (χ1n) is 7.08. The lowest BCUT2D eigenvalue weighted by Crippen LogP contribution is -2.64. The van der Waals surface area contributed by atoms with E-state index in [-0.39, 0.29) is 0 Å². The molecule has 11 nitrogen and oxygen atoms in total. The lowest BCUT2D eigenvalue weighted by Gasteiger charge is -2.45. The minimum atomic E-state index is -1.76. The first kappa shape index (κ1) is 18.9. The van der Waals surface area contributed by atoms with Gasteiger partial charge in [0.2, 0.25) is 0 Å². The average molecular weight is 342 g/mol. The molecule has 2 rings (SSSR count). The van der Waals surface area contributed by atoms with E-state index in [1.165, 1.54) is 0 Å². The zero-order valence-corrected chi connectivity index (χ0v) is 12.0. The van der Waals surface area contributed by atoms with Crippen LogP contribution in [-0.2, 0) is 14.2 Å². The van der Waals surface area contributed by atoms with Gasteiger partial charge in [-0.25, -0.2) is 0 Å². The average Bonchev–Trinajstić information content (AvgIpc) is 2.54. The van der Waals surface area contributed by atoms with Gasteiger partial charge in [-0.1, -0.05) is 0 Å². The molecule has 0 spiro atoms. The first-order valence-corrected chi connectivity index (χ1v) is 7.08. The smallest absolute Gasteiger partial charge is 0.187 e. The summed E-state index contributed by atoms with van der Waals surface area (Å²) in [6.45, 7) is -1.34. The molecule has 0 aromatic carbocycles. The number of aliphatic hydroxyl groups excluding tert-OH is 8. The lowest BCUT2D eigenvalue weighted by molar-refractivity contribution is -0.355. The van der Waals surface area contributed by atoms with Gasteiger partial charge in [0.1, 0.15) is 48.8 Å². The number of hydrogen-bond donors (Lipinski definition) is 8. The monoisotopic (exact) mass is 342 g/mol. The number of aliphatic hydroxyl groups is 8. The second kappa shape index (κ2) is 7.63. The highest BCUT2D eigenvalue weighted by Gasteiger charge is 2.50. The molecule has 2 fully saturated rings. The van der Waals surface area contributed by atoms with Gasteiger partial charge in [0.05, 0.1) is 13.2 Å². The van der Waals surface area contributed by atoms with Crippen LogP contribution < -0.4 is 0 Å². The van der Waals surface area contributed by atoms with E-state index in [0.717, 1.165) is 0 Å². The molecule has 10 atom stereocenters. The van der Waals surface area contributed by atoms with E-state index < -0.39 is 74.6 Å². The van der Waals surface area contributed by atoms with E-state index in [2.05, 4.69) is 0 Å². The molecule has 8 N–H and O–H groups in total. The Labute approximate surface area is 130 Å². The standard InChI is InChI=1S/C12H22O11/c13-1-3-5(15)7(17)8(18)12(22-3)23-10-6(16)4(2-14)21-11(20)9(10)19/h3-20H,1-2H2/t3?,4?,5?,6?,7-,8+,9+,10+,11?,12?/m1/s1. The predicted molar refractivity (Wildman–Crippen MR) is 68.6 cm³/mol. The van der Waals surface area contributed by atoms with Gasteiger partial charge in [-0.3, -0.25) is 0 Å². The Morgan fingerprint density at radius 2 is 1.22 bits per heavy atom. The Hall–Kier alpha value is -0.440. The van der Waals surface area contributed by atoms with Gasteiger partial charge in [-0.15, -0.1) is 0 Å². The van der Waals surface area contributed by atoms with Crippen LogP contribution in [0.5, 0.6) is 0 Å². The maximum Gasteiger partial charge on any atom is 0.187 e. The minimum absolute atomic E-state index is 0.667. The lowest BCUT2D eigenvalue weighted by atomic mass is 9.97. The maximum absolute atomic E-state index is 10.00. The molecule has 2 aliphatic heterocycles. The van der Waals surface area contributed by atoms with E-state index in [0.29, 0.717) is 0 Å². The first-order chi connectivity index (χ1) is 10.8. The highest BCUT2D eigenvalue weighted by atomic mass is 16.7. The van der Waals surface area contributed by atoms with Crippen molar-refractivity contribution in [1.82, 2.24) is 0 Å². The summed E-state index contributed by atoms with van der Waals surface area (Å²) in [5, 5.41) is 76.8. The van der Waals surface area contributed by atoms with Crippen molar-refractivity contribution >= 4 is 0 Å². The van der Waals surface area contributed by atoms with Crippen molar-refractivity contribution in [2.75, 3.05) is 13.2 Å². The molecular weight excluding hydrogens is 320 g/mol. The van der Waals surface area contributed by atoms with Crippen molar-refractivity contribution in [3.05, 3.63) is 0 Å². The number of rotatable bonds is 4. The van der Waals surface area contributed by atoms with Crippen molar-refractivity contribution in [1.29, 1.82) is 0 Å². The molecule has 0 amide bonds. The normalized spacial score (nSPS) is 51.7. The van der Waals surface area contributed by atoms with Gasteiger partial charge >= 0.3 is 0 Å². The van der Waals surface area contributed by atoms with Crippen LogP contribution in [0.4, 0.5) is 0 Å². The van der Waals surface area contributed by atoms with E-state index in [1.807, 2.05) is 0 Å². The zero-order valence-electron chi connectivity index (χ0n) is 12.0. The summed E-state index contributed by atoms with van der Waals surface area (Å²) in [6.07, 6.45) is -15.7. The summed E-state index contributed by atoms with van der Waals surface area (Å²) in [5.41, 5.74) is 0. The minimum Gasteiger partial charge on any atom is -0.394 e. The summed E-state index contributed by atoms with van der Waals surface area (Å²) in [5.74, 6) is 0. The van der Waals surface area contributed by atoms with Crippen molar-refractivity contribution in [2.24, 2.45) is 0 Å². The van der Waals surface area contributed by atoms with Gasteiger partial charge in [0, 0.05) is 0 Å². The molecule has 23 heavy (non-hydrogen) atoms. The largest absolute Gasteiger partial charge is 0.394 e. The summed E-state index contributed by atoms with van der Waals surface area (Å²) in [7, 11) is 0. The van der Waals surface area contributed by atoms with Crippen LogP contribution in [-0.4, -0.2) is 115 Å². The Morgan fingerprint density at radius 3 is 1.78 bits per heavy atom. The molecular formula is C12H22O11. The van der Waals surface area contributed by atoms with Gasteiger partial charge in [0.25, 0.3) is 0 Å². The molecule has 0 bridgehead atoms. The molecule has 0 aromatic heterocycles. The van der Waals surface area contributed by atoms with Gasteiger partial charge < -0.3 is 55.1 Å². The molecule has 6 unspecified atom stereocenters. The Kier molecular flexibility index (Phi) is 6.27. The van der Waals surface area contributed by atoms with Crippen LogP contribution in [0.1, 0.15) is 0 Å². The van der Waals surface area contributed by atoms with Crippen LogP contribution in [0.15, 0.2) is 0 Å². The van der Waals surface area contributed by atoms with Gasteiger partial charge in [-0.05, 0) is 0 Å². The van der Waals surface area contributed by atoms with Crippen LogP contribution in [0.25, 0.3) is 0 Å². The van der Waals surface area contributed by atoms with E-state index in [4.69, 9.17) is 24.4 Å². The summed E-state index contributed by atoms with van der Waals surface area (Å²) in [6, 6.07) is 0. The molecule has 0 aromatic rings. The summed E-state index contributed by atoms with van der Waals surface area (Å²) < 4.78 is 15.1. The molecule has 0 saturated carbocycles.